The zero-order valence-corrected chi connectivity index (χ0v) is 14.3. The van der Waals surface area contributed by atoms with Crippen LogP contribution in [0.2, 0.25) is 0 Å². The smallest absolute Gasteiger partial charge is 0.247 e. The number of amides is 2. The Kier molecular flexibility index (Phi) is 5.33. The van der Waals surface area contributed by atoms with E-state index in [0.717, 1.165) is 23.4 Å². The summed E-state index contributed by atoms with van der Waals surface area (Å²) in [5.74, 6) is 0.576. The Hall–Kier alpha value is -2.82. The van der Waals surface area contributed by atoms with Crippen LogP contribution in [-0.2, 0) is 16.0 Å². The number of hydrogen-bond acceptors (Lipinski definition) is 3. The molecular formula is C20H22N2O3. The first-order valence-electron chi connectivity index (χ1n) is 8.45. The monoisotopic (exact) mass is 338 g/mol. The molecule has 0 aromatic heterocycles. The Morgan fingerprint density at radius 1 is 1.16 bits per heavy atom. The SMILES string of the molecule is COc1cccc(CC(=O)N2CCC[C@@H]2C(=O)Nc2ccccc2)c1. The predicted octanol–water partition coefficient (Wildman–Crippen LogP) is 2.87. The summed E-state index contributed by atoms with van der Waals surface area (Å²) in [5.41, 5.74) is 1.64. The number of ether oxygens (including phenoxy) is 1. The molecule has 1 fully saturated rings. The van der Waals surface area contributed by atoms with Gasteiger partial charge in [-0.25, -0.2) is 0 Å². The Balaban J connectivity index is 1.65. The van der Waals surface area contributed by atoms with Gasteiger partial charge in [0.2, 0.25) is 11.8 Å². The summed E-state index contributed by atoms with van der Waals surface area (Å²) >= 11 is 0. The molecule has 0 radical (unpaired) electrons. The molecule has 1 atom stereocenters. The van der Waals surface area contributed by atoms with Crippen LogP contribution in [0.15, 0.2) is 54.6 Å². The third-order valence-electron chi connectivity index (χ3n) is 4.41. The molecule has 2 aromatic rings. The van der Waals surface area contributed by atoms with Gasteiger partial charge >= 0.3 is 0 Å². The van der Waals surface area contributed by atoms with E-state index in [1.54, 1.807) is 12.0 Å². The van der Waals surface area contributed by atoms with Crippen molar-refractivity contribution in [2.75, 3.05) is 19.0 Å². The Bertz CT molecular complexity index is 746. The topological polar surface area (TPSA) is 58.6 Å². The van der Waals surface area contributed by atoms with E-state index in [4.69, 9.17) is 4.74 Å². The first kappa shape index (κ1) is 17.0. The molecule has 5 heteroatoms. The molecular weight excluding hydrogens is 316 g/mol. The summed E-state index contributed by atoms with van der Waals surface area (Å²) in [6, 6.07) is 16.4. The van der Waals surface area contributed by atoms with Crippen molar-refractivity contribution >= 4 is 17.5 Å². The van der Waals surface area contributed by atoms with E-state index in [0.29, 0.717) is 13.0 Å². The minimum absolute atomic E-state index is 0.0287. The van der Waals surface area contributed by atoms with Crippen molar-refractivity contribution in [2.24, 2.45) is 0 Å². The minimum atomic E-state index is -0.404. The van der Waals surface area contributed by atoms with E-state index in [-0.39, 0.29) is 18.2 Å². The van der Waals surface area contributed by atoms with Gasteiger partial charge in [0.05, 0.1) is 13.5 Å². The highest BCUT2D eigenvalue weighted by atomic mass is 16.5. The molecule has 1 aliphatic heterocycles. The molecule has 2 amide bonds. The van der Waals surface area contributed by atoms with Crippen molar-refractivity contribution in [1.82, 2.24) is 4.90 Å². The zero-order valence-electron chi connectivity index (χ0n) is 14.3. The fourth-order valence-electron chi connectivity index (χ4n) is 3.14. The lowest BCUT2D eigenvalue weighted by Gasteiger charge is -2.24. The highest BCUT2D eigenvalue weighted by molar-refractivity contribution is 5.97. The van der Waals surface area contributed by atoms with E-state index >= 15 is 0 Å². The number of hydrogen-bond donors (Lipinski definition) is 1. The number of para-hydroxylation sites is 1. The number of benzene rings is 2. The predicted molar refractivity (Wildman–Crippen MR) is 96.5 cm³/mol. The van der Waals surface area contributed by atoms with Gasteiger partial charge in [0.15, 0.2) is 0 Å². The van der Waals surface area contributed by atoms with Gasteiger partial charge in [0.25, 0.3) is 0 Å². The van der Waals surface area contributed by atoms with E-state index < -0.39 is 6.04 Å². The maximum absolute atomic E-state index is 12.7. The maximum Gasteiger partial charge on any atom is 0.247 e. The summed E-state index contributed by atoms with van der Waals surface area (Å²) in [6.45, 7) is 0.621. The summed E-state index contributed by atoms with van der Waals surface area (Å²) in [4.78, 5) is 26.9. The maximum atomic E-state index is 12.7. The van der Waals surface area contributed by atoms with Gasteiger partial charge in [-0.2, -0.15) is 0 Å². The van der Waals surface area contributed by atoms with Crippen molar-refractivity contribution in [1.29, 1.82) is 0 Å². The first-order valence-corrected chi connectivity index (χ1v) is 8.45. The zero-order chi connectivity index (χ0) is 17.6. The average molecular weight is 338 g/mol. The number of nitrogens with zero attached hydrogens (tertiary/aromatic N) is 1. The van der Waals surface area contributed by atoms with Gasteiger partial charge in [-0.3, -0.25) is 9.59 Å². The molecule has 0 unspecified atom stereocenters. The molecule has 0 aliphatic carbocycles. The van der Waals surface area contributed by atoms with E-state index in [1.165, 1.54) is 0 Å². The van der Waals surface area contributed by atoms with Gasteiger partial charge in [0.1, 0.15) is 11.8 Å². The molecule has 1 aliphatic rings. The van der Waals surface area contributed by atoms with Crippen molar-refractivity contribution in [3.8, 4) is 5.75 Å². The summed E-state index contributed by atoms with van der Waals surface area (Å²) in [5, 5.41) is 2.90. The largest absolute Gasteiger partial charge is 0.497 e. The number of likely N-dealkylation sites (tertiary alicyclic amines) is 1. The fourth-order valence-corrected chi connectivity index (χ4v) is 3.14. The van der Waals surface area contributed by atoms with E-state index in [1.807, 2.05) is 54.6 Å². The molecule has 1 heterocycles. The van der Waals surface area contributed by atoms with Crippen LogP contribution < -0.4 is 10.1 Å². The number of methoxy groups -OCH3 is 1. The molecule has 1 N–H and O–H groups in total. The first-order chi connectivity index (χ1) is 12.2. The third-order valence-corrected chi connectivity index (χ3v) is 4.41. The normalized spacial score (nSPS) is 16.5. The van der Waals surface area contributed by atoms with E-state index in [2.05, 4.69) is 5.32 Å². The van der Waals surface area contributed by atoms with Gasteiger partial charge in [0, 0.05) is 12.2 Å². The highest BCUT2D eigenvalue weighted by Crippen LogP contribution is 2.21. The summed E-state index contributed by atoms with van der Waals surface area (Å²) in [6.07, 6.45) is 1.81. The highest BCUT2D eigenvalue weighted by Gasteiger charge is 2.33. The molecule has 0 saturated carbocycles. The van der Waals surface area contributed by atoms with Gasteiger partial charge in [-0.1, -0.05) is 30.3 Å². The van der Waals surface area contributed by atoms with Crippen LogP contribution in [0, 0.1) is 0 Å². The number of anilines is 1. The Labute approximate surface area is 147 Å². The molecule has 130 valence electrons. The van der Waals surface area contributed by atoms with Crippen molar-refractivity contribution in [3.63, 3.8) is 0 Å². The molecule has 0 spiro atoms. The lowest BCUT2D eigenvalue weighted by atomic mass is 10.1. The third kappa shape index (κ3) is 4.18. The summed E-state index contributed by atoms with van der Waals surface area (Å²) in [7, 11) is 1.60. The van der Waals surface area contributed by atoms with Crippen LogP contribution in [0.3, 0.4) is 0 Å². The second-order valence-electron chi connectivity index (χ2n) is 6.13. The number of carbonyl (C=O) groups excluding carboxylic acids is 2. The average Bonchev–Trinajstić information content (AvgIpc) is 3.13. The van der Waals surface area contributed by atoms with Crippen LogP contribution in [0.25, 0.3) is 0 Å². The van der Waals surface area contributed by atoms with Crippen LogP contribution >= 0.6 is 0 Å². The van der Waals surface area contributed by atoms with Crippen molar-refractivity contribution in [3.05, 3.63) is 60.2 Å². The molecule has 25 heavy (non-hydrogen) atoms. The lowest BCUT2D eigenvalue weighted by molar-refractivity contribution is -0.136. The fraction of sp³-hybridized carbons (Fsp3) is 0.300. The Morgan fingerprint density at radius 3 is 2.72 bits per heavy atom. The van der Waals surface area contributed by atoms with Crippen LogP contribution in [0.1, 0.15) is 18.4 Å². The van der Waals surface area contributed by atoms with Gasteiger partial charge in [-0.05, 0) is 42.7 Å². The van der Waals surface area contributed by atoms with E-state index in [9.17, 15) is 9.59 Å². The Morgan fingerprint density at radius 2 is 1.96 bits per heavy atom. The minimum Gasteiger partial charge on any atom is -0.497 e. The number of nitrogens with one attached hydrogen (secondary N) is 1. The molecule has 3 rings (SSSR count). The number of rotatable bonds is 5. The van der Waals surface area contributed by atoms with Crippen LogP contribution in [0.5, 0.6) is 5.75 Å². The second kappa shape index (κ2) is 7.83. The molecule has 0 bridgehead atoms. The second-order valence-corrected chi connectivity index (χ2v) is 6.13. The quantitative estimate of drug-likeness (QED) is 0.912. The van der Waals surface area contributed by atoms with Crippen LogP contribution in [-0.4, -0.2) is 36.4 Å². The molecule has 1 saturated heterocycles. The standard InChI is InChI=1S/C20H22N2O3/c1-25-17-10-5-7-15(13-17)14-19(23)22-12-6-11-18(22)20(24)21-16-8-3-2-4-9-16/h2-5,7-10,13,18H,6,11-12,14H2,1H3,(H,21,24)/t18-/m1/s1. The summed E-state index contributed by atoms with van der Waals surface area (Å²) < 4.78 is 5.20. The molecule has 5 nitrogen and oxygen atoms in total. The van der Waals surface area contributed by atoms with Crippen molar-refractivity contribution < 1.29 is 14.3 Å². The van der Waals surface area contributed by atoms with Crippen LogP contribution in [0.4, 0.5) is 5.69 Å². The van der Waals surface area contributed by atoms with Gasteiger partial charge < -0.3 is 15.0 Å². The lowest BCUT2D eigenvalue weighted by Crippen LogP contribution is -2.43. The van der Waals surface area contributed by atoms with Gasteiger partial charge in [-0.15, -0.1) is 0 Å². The number of carbonyl (C=O) groups is 2. The molecule has 2 aromatic carbocycles. The van der Waals surface area contributed by atoms with Crippen molar-refractivity contribution in [2.45, 2.75) is 25.3 Å².